The molecule has 0 fully saturated rings. The van der Waals surface area contributed by atoms with Crippen LogP contribution in [0.15, 0.2) is 55.4 Å². The van der Waals surface area contributed by atoms with Gasteiger partial charge < -0.3 is 9.47 Å². The minimum atomic E-state index is 0.596. The van der Waals surface area contributed by atoms with Gasteiger partial charge in [0.25, 0.3) is 0 Å². The van der Waals surface area contributed by atoms with Crippen molar-refractivity contribution in [3.05, 3.63) is 60.9 Å². The summed E-state index contributed by atoms with van der Waals surface area (Å²) < 4.78 is 10.7. The lowest BCUT2D eigenvalue weighted by Crippen LogP contribution is -1.93. The van der Waals surface area contributed by atoms with E-state index in [0.717, 1.165) is 17.1 Å². The van der Waals surface area contributed by atoms with E-state index in [9.17, 15) is 0 Å². The van der Waals surface area contributed by atoms with Crippen molar-refractivity contribution in [1.29, 1.82) is 0 Å². The molecule has 0 N–H and O–H groups in total. The molecule has 0 spiro atoms. The second-order valence-electron chi connectivity index (χ2n) is 3.44. The summed E-state index contributed by atoms with van der Waals surface area (Å²) >= 11 is 0. The second-order valence-corrected chi connectivity index (χ2v) is 3.44. The summed E-state index contributed by atoms with van der Waals surface area (Å²) in [6.45, 7) is 3.89. The quantitative estimate of drug-likeness (QED) is 0.752. The first kappa shape index (κ1) is 11.2. The van der Waals surface area contributed by atoms with Crippen LogP contribution in [0.4, 0.5) is 0 Å². The molecule has 0 unspecified atom stereocenters. The number of nitrogens with zero attached hydrogens (tertiary/aromatic N) is 1. The molecule has 0 atom stereocenters. The molecule has 0 aliphatic rings. The van der Waals surface area contributed by atoms with Gasteiger partial charge in [-0.1, -0.05) is 6.58 Å². The van der Waals surface area contributed by atoms with Gasteiger partial charge in [0.2, 0.25) is 0 Å². The van der Waals surface area contributed by atoms with Crippen molar-refractivity contribution >= 4 is 5.76 Å². The Labute approximate surface area is 100 Å². The zero-order valence-electron chi connectivity index (χ0n) is 9.59. The van der Waals surface area contributed by atoms with Gasteiger partial charge in [-0.05, 0) is 36.4 Å². The summed E-state index contributed by atoms with van der Waals surface area (Å²) in [7, 11) is 1.64. The maximum Gasteiger partial charge on any atom is 0.130 e. The predicted molar refractivity (Wildman–Crippen MR) is 66.9 cm³/mol. The zero-order chi connectivity index (χ0) is 12.1. The number of methoxy groups -OCH3 is 1. The fraction of sp³-hybridized carbons (Fsp3) is 0.0714. The topological polar surface area (TPSA) is 31.4 Å². The summed E-state index contributed by atoms with van der Waals surface area (Å²) in [6, 6.07) is 11.1. The number of hydrogen-bond donors (Lipinski definition) is 0. The van der Waals surface area contributed by atoms with Crippen LogP contribution in [-0.2, 0) is 0 Å². The first-order chi connectivity index (χ1) is 8.29. The number of hydrogen-bond acceptors (Lipinski definition) is 3. The fourth-order valence-electron chi connectivity index (χ4n) is 1.38. The van der Waals surface area contributed by atoms with Gasteiger partial charge >= 0.3 is 0 Å². The summed E-state index contributed by atoms with van der Waals surface area (Å²) in [4.78, 5) is 3.92. The van der Waals surface area contributed by atoms with E-state index in [1.807, 2.05) is 24.3 Å². The van der Waals surface area contributed by atoms with Crippen molar-refractivity contribution < 1.29 is 9.47 Å². The Hall–Kier alpha value is -2.29. The monoisotopic (exact) mass is 227 g/mol. The number of rotatable bonds is 4. The Balaban J connectivity index is 2.09. The molecule has 1 aromatic carbocycles. The maximum absolute atomic E-state index is 5.60. The van der Waals surface area contributed by atoms with Crippen molar-refractivity contribution in [3.8, 4) is 11.5 Å². The van der Waals surface area contributed by atoms with Crippen LogP contribution in [0.3, 0.4) is 0 Å². The van der Waals surface area contributed by atoms with Crippen molar-refractivity contribution in [3.63, 3.8) is 0 Å². The average Bonchev–Trinajstić information content (AvgIpc) is 2.40. The molecule has 0 radical (unpaired) electrons. The molecule has 2 aromatic rings. The first-order valence-corrected chi connectivity index (χ1v) is 5.21. The van der Waals surface area contributed by atoms with E-state index >= 15 is 0 Å². The molecule has 86 valence electrons. The Morgan fingerprint density at radius 2 is 1.65 bits per heavy atom. The SMILES string of the molecule is C=C(Oc1ccncc1)c1ccc(OC)cc1. The van der Waals surface area contributed by atoms with Gasteiger partial charge in [0.15, 0.2) is 0 Å². The smallest absolute Gasteiger partial charge is 0.130 e. The number of pyridine rings is 1. The van der Waals surface area contributed by atoms with Gasteiger partial charge in [0.05, 0.1) is 7.11 Å². The van der Waals surface area contributed by atoms with E-state index in [0.29, 0.717) is 5.76 Å². The highest BCUT2D eigenvalue weighted by molar-refractivity contribution is 5.60. The first-order valence-electron chi connectivity index (χ1n) is 5.21. The molecule has 0 saturated heterocycles. The molecule has 0 bridgehead atoms. The summed E-state index contributed by atoms with van der Waals surface area (Å²) in [5, 5.41) is 0. The molecule has 0 aliphatic heterocycles. The third kappa shape index (κ3) is 2.84. The van der Waals surface area contributed by atoms with Gasteiger partial charge in [0, 0.05) is 18.0 Å². The van der Waals surface area contributed by atoms with Crippen LogP contribution >= 0.6 is 0 Å². The van der Waals surface area contributed by atoms with Crippen LogP contribution in [0.25, 0.3) is 5.76 Å². The van der Waals surface area contributed by atoms with Crippen LogP contribution in [0.1, 0.15) is 5.56 Å². The normalized spacial score (nSPS) is 9.71. The molecule has 2 rings (SSSR count). The largest absolute Gasteiger partial charge is 0.497 e. The van der Waals surface area contributed by atoms with Crippen LogP contribution in [-0.4, -0.2) is 12.1 Å². The molecule has 1 aromatic heterocycles. The second kappa shape index (κ2) is 5.16. The van der Waals surface area contributed by atoms with E-state index in [-0.39, 0.29) is 0 Å². The molecule has 0 amide bonds. The van der Waals surface area contributed by atoms with E-state index < -0.39 is 0 Å². The molecule has 1 heterocycles. The van der Waals surface area contributed by atoms with Crippen LogP contribution in [0.2, 0.25) is 0 Å². The summed E-state index contributed by atoms with van der Waals surface area (Å²) in [6.07, 6.45) is 3.35. The van der Waals surface area contributed by atoms with Gasteiger partial charge in [-0.3, -0.25) is 4.98 Å². The Morgan fingerprint density at radius 1 is 1.00 bits per heavy atom. The van der Waals surface area contributed by atoms with Gasteiger partial charge in [-0.25, -0.2) is 0 Å². The van der Waals surface area contributed by atoms with Crippen LogP contribution < -0.4 is 9.47 Å². The third-order valence-electron chi connectivity index (χ3n) is 2.30. The standard InChI is InChI=1S/C14H13NO2/c1-11(17-14-7-9-15-10-8-14)12-3-5-13(16-2)6-4-12/h3-10H,1H2,2H3. The predicted octanol–water partition coefficient (Wildman–Crippen LogP) is 3.14. The Kier molecular flexibility index (Phi) is 3.40. The number of benzene rings is 1. The third-order valence-corrected chi connectivity index (χ3v) is 2.30. The maximum atomic E-state index is 5.60. The molecule has 17 heavy (non-hydrogen) atoms. The van der Waals surface area contributed by atoms with Crippen molar-refractivity contribution in [2.75, 3.05) is 7.11 Å². The van der Waals surface area contributed by atoms with Crippen molar-refractivity contribution in [1.82, 2.24) is 4.98 Å². The van der Waals surface area contributed by atoms with E-state index in [2.05, 4.69) is 11.6 Å². The van der Waals surface area contributed by atoms with E-state index in [1.54, 1.807) is 31.6 Å². The van der Waals surface area contributed by atoms with Crippen LogP contribution in [0.5, 0.6) is 11.5 Å². The van der Waals surface area contributed by atoms with Gasteiger partial charge in [0.1, 0.15) is 17.3 Å². The van der Waals surface area contributed by atoms with Crippen molar-refractivity contribution in [2.45, 2.75) is 0 Å². The van der Waals surface area contributed by atoms with Crippen LogP contribution in [0, 0.1) is 0 Å². The lowest BCUT2D eigenvalue weighted by molar-refractivity contribution is 0.414. The molecule has 3 nitrogen and oxygen atoms in total. The minimum absolute atomic E-state index is 0.596. The van der Waals surface area contributed by atoms with E-state index in [1.165, 1.54) is 0 Å². The highest BCUT2D eigenvalue weighted by Crippen LogP contribution is 2.20. The summed E-state index contributed by atoms with van der Waals surface area (Å²) in [5.74, 6) is 2.13. The molecular weight excluding hydrogens is 214 g/mol. The molecule has 0 aliphatic carbocycles. The number of ether oxygens (including phenoxy) is 2. The molecule has 3 heteroatoms. The molecular formula is C14H13NO2. The lowest BCUT2D eigenvalue weighted by atomic mass is 10.2. The summed E-state index contributed by atoms with van der Waals surface area (Å²) in [5.41, 5.74) is 0.919. The zero-order valence-corrected chi connectivity index (χ0v) is 9.59. The Bertz CT molecular complexity index is 491. The number of aromatic nitrogens is 1. The average molecular weight is 227 g/mol. The lowest BCUT2D eigenvalue weighted by Gasteiger charge is -2.09. The highest BCUT2D eigenvalue weighted by atomic mass is 16.5. The highest BCUT2D eigenvalue weighted by Gasteiger charge is 2.01. The fourth-order valence-corrected chi connectivity index (χ4v) is 1.38. The van der Waals surface area contributed by atoms with Crippen molar-refractivity contribution in [2.24, 2.45) is 0 Å². The molecule has 0 saturated carbocycles. The van der Waals surface area contributed by atoms with Gasteiger partial charge in [-0.15, -0.1) is 0 Å². The Morgan fingerprint density at radius 3 is 2.24 bits per heavy atom. The minimum Gasteiger partial charge on any atom is -0.497 e. The van der Waals surface area contributed by atoms with E-state index in [4.69, 9.17) is 9.47 Å². The van der Waals surface area contributed by atoms with Gasteiger partial charge in [-0.2, -0.15) is 0 Å².